The van der Waals surface area contributed by atoms with E-state index in [2.05, 4.69) is 49.8 Å². The minimum absolute atomic E-state index is 0. The Morgan fingerprint density at radius 2 is 1.81 bits per heavy atom. The first-order chi connectivity index (χ1) is 12.3. The Morgan fingerprint density at radius 3 is 2.33 bits per heavy atom. The van der Waals surface area contributed by atoms with Crippen LogP contribution in [0.1, 0.15) is 58.2 Å². The number of aromatic nitrogens is 1. The summed E-state index contributed by atoms with van der Waals surface area (Å²) in [5.74, 6) is 1.15. The van der Waals surface area contributed by atoms with Gasteiger partial charge in [0.05, 0.1) is 10.0 Å². The summed E-state index contributed by atoms with van der Waals surface area (Å²) in [5, 5.41) is 3.59. The predicted molar refractivity (Wildman–Crippen MR) is 124 cm³/mol. The first-order valence-electron chi connectivity index (χ1n) is 9.48. The SMILES string of the molecule is Br.CC(C)CN=c1scc(C2(c3ccc(Cl)c(Cl)c3)CCC2)n1CC(C)C. The van der Waals surface area contributed by atoms with E-state index in [4.69, 9.17) is 28.2 Å². The fraction of sp³-hybridized carbons (Fsp3) is 0.571. The third kappa shape index (κ3) is 4.83. The highest BCUT2D eigenvalue weighted by molar-refractivity contribution is 8.93. The molecule has 1 aromatic heterocycles. The molecule has 150 valence electrons. The molecule has 0 amide bonds. The molecule has 27 heavy (non-hydrogen) atoms. The van der Waals surface area contributed by atoms with E-state index < -0.39 is 0 Å². The third-order valence-corrected chi connectivity index (χ3v) is 6.75. The Balaban J connectivity index is 0.00000261. The molecule has 0 N–H and O–H groups in total. The van der Waals surface area contributed by atoms with Gasteiger partial charge in [-0.25, -0.2) is 0 Å². The summed E-state index contributed by atoms with van der Waals surface area (Å²) >= 11 is 14.3. The van der Waals surface area contributed by atoms with Crippen molar-refractivity contribution in [3.05, 3.63) is 49.7 Å². The second-order valence-electron chi connectivity index (χ2n) is 8.21. The van der Waals surface area contributed by atoms with E-state index in [9.17, 15) is 0 Å². The first kappa shape index (κ1) is 23.0. The summed E-state index contributed by atoms with van der Waals surface area (Å²) < 4.78 is 2.46. The molecule has 1 saturated carbocycles. The van der Waals surface area contributed by atoms with Gasteiger partial charge in [0.2, 0.25) is 0 Å². The lowest BCUT2D eigenvalue weighted by Crippen LogP contribution is -2.39. The van der Waals surface area contributed by atoms with E-state index in [0.29, 0.717) is 21.9 Å². The summed E-state index contributed by atoms with van der Waals surface area (Å²) in [5.41, 5.74) is 2.72. The quantitative estimate of drug-likeness (QED) is 0.409. The van der Waals surface area contributed by atoms with Crippen LogP contribution in [-0.2, 0) is 12.0 Å². The Hall–Kier alpha value is -0.290. The Kier molecular flexibility index (Phi) is 8.07. The van der Waals surface area contributed by atoms with Crippen molar-refractivity contribution in [3.63, 3.8) is 0 Å². The van der Waals surface area contributed by atoms with Crippen molar-refractivity contribution in [1.82, 2.24) is 4.57 Å². The van der Waals surface area contributed by atoms with Crippen LogP contribution < -0.4 is 4.80 Å². The van der Waals surface area contributed by atoms with E-state index in [1.165, 1.54) is 17.7 Å². The number of rotatable bonds is 6. The number of halogens is 3. The van der Waals surface area contributed by atoms with Gasteiger partial charge in [-0.05, 0) is 42.4 Å². The molecule has 0 unspecified atom stereocenters. The van der Waals surface area contributed by atoms with Crippen molar-refractivity contribution in [3.8, 4) is 0 Å². The van der Waals surface area contributed by atoms with Crippen molar-refractivity contribution in [1.29, 1.82) is 0 Å². The lowest BCUT2D eigenvalue weighted by Gasteiger charge is -2.43. The van der Waals surface area contributed by atoms with Crippen LogP contribution in [0.4, 0.5) is 0 Å². The molecule has 3 rings (SSSR count). The van der Waals surface area contributed by atoms with Crippen LogP contribution in [0.5, 0.6) is 0 Å². The highest BCUT2D eigenvalue weighted by Gasteiger charge is 2.43. The van der Waals surface area contributed by atoms with Gasteiger partial charge in [-0.1, -0.05) is 63.4 Å². The van der Waals surface area contributed by atoms with Crippen LogP contribution in [0, 0.1) is 11.8 Å². The molecule has 0 radical (unpaired) electrons. The maximum Gasteiger partial charge on any atom is 0.184 e. The molecule has 1 aromatic carbocycles. The average molecular weight is 492 g/mol. The molecule has 6 heteroatoms. The maximum atomic E-state index is 6.35. The summed E-state index contributed by atoms with van der Waals surface area (Å²) in [6.07, 6.45) is 3.56. The summed E-state index contributed by atoms with van der Waals surface area (Å²) in [7, 11) is 0. The molecule has 0 bridgehead atoms. The highest BCUT2D eigenvalue weighted by Crippen LogP contribution is 2.50. The lowest BCUT2D eigenvalue weighted by atomic mass is 9.62. The third-order valence-electron chi connectivity index (χ3n) is 5.11. The van der Waals surface area contributed by atoms with E-state index in [0.717, 1.165) is 30.7 Å². The smallest absolute Gasteiger partial charge is 0.184 e. The maximum absolute atomic E-state index is 6.35. The average Bonchev–Trinajstić information content (AvgIpc) is 2.90. The molecule has 1 aliphatic carbocycles. The van der Waals surface area contributed by atoms with Crippen molar-refractivity contribution in [2.75, 3.05) is 6.54 Å². The lowest BCUT2D eigenvalue weighted by molar-refractivity contribution is 0.278. The Labute approximate surface area is 187 Å². The van der Waals surface area contributed by atoms with Gasteiger partial charge in [0.25, 0.3) is 0 Å². The van der Waals surface area contributed by atoms with Crippen LogP contribution >= 0.6 is 51.5 Å². The summed E-state index contributed by atoms with van der Waals surface area (Å²) in [6, 6.07) is 6.14. The van der Waals surface area contributed by atoms with Crippen LogP contribution in [0.25, 0.3) is 0 Å². The second kappa shape index (κ2) is 9.47. The second-order valence-corrected chi connectivity index (χ2v) is 9.86. The van der Waals surface area contributed by atoms with Gasteiger partial charge in [0, 0.05) is 29.6 Å². The van der Waals surface area contributed by atoms with Crippen molar-refractivity contribution in [2.24, 2.45) is 16.8 Å². The van der Waals surface area contributed by atoms with Crippen LogP contribution in [0.15, 0.2) is 28.6 Å². The Bertz CT molecular complexity index is 835. The van der Waals surface area contributed by atoms with Gasteiger partial charge in [-0.2, -0.15) is 0 Å². The predicted octanol–water partition coefficient (Wildman–Crippen LogP) is 7.12. The van der Waals surface area contributed by atoms with Crippen LogP contribution in [0.3, 0.4) is 0 Å². The molecule has 2 aromatic rings. The van der Waals surface area contributed by atoms with Crippen molar-refractivity contribution >= 4 is 51.5 Å². The largest absolute Gasteiger partial charge is 0.320 e. The summed E-state index contributed by atoms with van der Waals surface area (Å²) in [4.78, 5) is 6.06. The number of thiazole rings is 1. The normalized spacial score (nSPS) is 16.5. The molecule has 0 saturated heterocycles. The van der Waals surface area contributed by atoms with E-state index in [1.54, 1.807) is 11.3 Å². The standard InChI is InChI=1S/C21H28Cl2N2S.BrH/c1-14(2)11-24-20-25(12-15(3)4)19(13-26-20)21(8-5-9-21)16-6-7-17(22)18(23)10-16;/h6-7,10,13-15H,5,8-9,11-12H2,1-4H3;1H. The van der Waals surface area contributed by atoms with E-state index in [1.807, 2.05) is 6.07 Å². The summed E-state index contributed by atoms with van der Waals surface area (Å²) in [6.45, 7) is 10.8. The van der Waals surface area contributed by atoms with Crippen molar-refractivity contribution in [2.45, 2.75) is 58.9 Å². The number of hydrogen-bond donors (Lipinski definition) is 0. The zero-order chi connectivity index (χ0) is 18.9. The van der Waals surface area contributed by atoms with Gasteiger partial charge >= 0.3 is 0 Å². The van der Waals surface area contributed by atoms with Gasteiger partial charge < -0.3 is 4.57 Å². The zero-order valence-electron chi connectivity index (χ0n) is 16.5. The Morgan fingerprint density at radius 1 is 1.11 bits per heavy atom. The van der Waals surface area contributed by atoms with Crippen LogP contribution in [-0.4, -0.2) is 11.1 Å². The van der Waals surface area contributed by atoms with Gasteiger partial charge in [0.1, 0.15) is 0 Å². The minimum Gasteiger partial charge on any atom is -0.320 e. The van der Waals surface area contributed by atoms with Gasteiger partial charge in [-0.3, -0.25) is 4.99 Å². The zero-order valence-corrected chi connectivity index (χ0v) is 20.5. The molecule has 1 heterocycles. The number of benzene rings is 1. The van der Waals surface area contributed by atoms with Crippen LogP contribution in [0.2, 0.25) is 10.0 Å². The number of nitrogens with zero attached hydrogens (tertiary/aromatic N) is 2. The fourth-order valence-corrected chi connectivity index (χ4v) is 4.97. The fourth-order valence-electron chi connectivity index (χ4n) is 3.65. The van der Waals surface area contributed by atoms with E-state index >= 15 is 0 Å². The van der Waals surface area contributed by atoms with Gasteiger partial charge in [0.15, 0.2) is 4.80 Å². The molecular weight excluding hydrogens is 463 g/mol. The molecule has 0 spiro atoms. The molecule has 0 atom stereocenters. The van der Waals surface area contributed by atoms with E-state index in [-0.39, 0.29) is 22.4 Å². The monoisotopic (exact) mass is 490 g/mol. The van der Waals surface area contributed by atoms with Gasteiger partial charge in [-0.15, -0.1) is 28.3 Å². The topological polar surface area (TPSA) is 17.3 Å². The molecule has 1 fully saturated rings. The van der Waals surface area contributed by atoms with Crippen molar-refractivity contribution < 1.29 is 0 Å². The molecule has 2 nitrogen and oxygen atoms in total. The molecule has 1 aliphatic rings. The highest BCUT2D eigenvalue weighted by atomic mass is 79.9. The minimum atomic E-state index is 0. The molecular formula is C21H29BrCl2N2S. The molecule has 0 aliphatic heterocycles. The number of hydrogen-bond acceptors (Lipinski definition) is 2. The first-order valence-corrected chi connectivity index (χ1v) is 11.1.